The van der Waals surface area contributed by atoms with Crippen LogP contribution in [0.3, 0.4) is 0 Å². The van der Waals surface area contributed by atoms with Crippen molar-refractivity contribution in [3.63, 3.8) is 0 Å². The predicted octanol–water partition coefficient (Wildman–Crippen LogP) is 7.42. The molecule has 0 spiro atoms. The zero-order chi connectivity index (χ0) is 22.8. The highest BCUT2D eigenvalue weighted by Gasteiger charge is 2.23. The van der Waals surface area contributed by atoms with Crippen LogP contribution >= 0.6 is 22.9 Å². The van der Waals surface area contributed by atoms with Gasteiger partial charge in [-0.1, -0.05) is 24.1 Å². The van der Waals surface area contributed by atoms with E-state index >= 15 is 0 Å². The molecule has 2 amide bonds. The summed E-state index contributed by atoms with van der Waals surface area (Å²) in [5.74, 6) is 0. The molecule has 1 saturated heterocycles. The van der Waals surface area contributed by atoms with Crippen LogP contribution in [0.25, 0.3) is 21.2 Å². The summed E-state index contributed by atoms with van der Waals surface area (Å²) < 4.78 is 1.24. The SMILES string of the molecule is CN1CCCCC1c1csc2ccc(NC(=O)Nc3ccc(-c4ccncc4)c(Cl)c3)cc12. The molecule has 33 heavy (non-hydrogen) atoms. The van der Waals surface area contributed by atoms with E-state index in [2.05, 4.69) is 45.1 Å². The van der Waals surface area contributed by atoms with Crippen LogP contribution in [-0.2, 0) is 0 Å². The standard InChI is InChI=1S/C26H25ClN4OS/c1-31-13-3-2-4-24(31)22-16-33-25-8-6-18(14-21(22)25)29-26(32)30-19-5-7-20(23(27)15-19)17-9-11-28-12-10-17/h5-12,14-16,24H,2-4,13H2,1H3,(H2,29,30,32). The highest BCUT2D eigenvalue weighted by molar-refractivity contribution is 7.17. The van der Waals surface area contributed by atoms with Crippen LogP contribution in [0.15, 0.2) is 66.3 Å². The van der Waals surface area contributed by atoms with E-state index in [-0.39, 0.29) is 6.03 Å². The third-order valence-corrected chi connectivity index (χ3v) is 7.50. The molecular weight excluding hydrogens is 452 g/mol. The predicted molar refractivity (Wildman–Crippen MR) is 138 cm³/mol. The molecular formula is C26H25ClN4OS. The van der Waals surface area contributed by atoms with Crippen molar-refractivity contribution in [2.75, 3.05) is 24.2 Å². The van der Waals surface area contributed by atoms with Gasteiger partial charge in [0.1, 0.15) is 0 Å². The molecule has 5 rings (SSSR count). The van der Waals surface area contributed by atoms with E-state index < -0.39 is 0 Å². The number of hydrogen-bond acceptors (Lipinski definition) is 4. The second-order valence-corrected chi connectivity index (χ2v) is 9.72. The van der Waals surface area contributed by atoms with Crippen LogP contribution in [0.4, 0.5) is 16.2 Å². The Hall–Kier alpha value is -2.93. The molecule has 2 N–H and O–H groups in total. The fraction of sp³-hybridized carbons (Fsp3) is 0.231. The molecule has 0 radical (unpaired) electrons. The van der Waals surface area contributed by atoms with Crippen LogP contribution in [-0.4, -0.2) is 29.5 Å². The van der Waals surface area contributed by atoms with Crippen LogP contribution in [0.1, 0.15) is 30.9 Å². The maximum atomic E-state index is 12.7. The Kier molecular flexibility index (Phi) is 6.31. The number of nitrogens with zero attached hydrogens (tertiary/aromatic N) is 2. The molecule has 2 aromatic heterocycles. The van der Waals surface area contributed by atoms with Gasteiger partial charge in [0, 0.05) is 40.1 Å². The summed E-state index contributed by atoms with van der Waals surface area (Å²) in [6.07, 6.45) is 7.15. The van der Waals surface area contributed by atoms with Gasteiger partial charge in [-0.3, -0.25) is 9.88 Å². The molecule has 0 aliphatic carbocycles. The second kappa shape index (κ2) is 9.51. The number of rotatable bonds is 4. The van der Waals surface area contributed by atoms with Crippen LogP contribution in [0.2, 0.25) is 5.02 Å². The normalized spacial score (nSPS) is 16.6. The van der Waals surface area contributed by atoms with E-state index in [1.807, 2.05) is 30.3 Å². The number of pyridine rings is 1. The third kappa shape index (κ3) is 4.74. The van der Waals surface area contributed by atoms with Gasteiger partial charge in [-0.25, -0.2) is 4.79 Å². The number of urea groups is 1. The number of piperidine rings is 1. The molecule has 1 aliphatic rings. The molecule has 0 saturated carbocycles. The Bertz CT molecular complexity index is 1290. The van der Waals surface area contributed by atoms with Crippen LogP contribution in [0.5, 0.6) is 0 Å². The Balaban J connectivity index is 1.31. The first-order valence-electron chi connectivity index (χ1n) is 11.1. The molecule has 2 aromatic carbocycles. The number of nitrogens with one attached hydrogen (secondary N) is 2. The van der Waals surface area contributed by atoms with Gasteiger partial charge in [0.2, 0.25) is 0 Å². The number of aromatic nitrogens is 1. The molecule has 1 atom stereocenters. The average molecular weight is 477 g/mol. The van der Waals surface area contributed by atoms with E-state index in [1.54, 1.807) is 29.8 Å². The van der Waals surface area contributed by atoms with E-state index in [1.165, 1.54) is 34.9 Å². The topological polar surface area (TPSA) is 57.3 Å². The lowest BCUT2D eigenvalue weighted by Crippen LogP contribution is -2.29. The van der Waals surface area contributed by atoms with Crippen molar-refractivity contribution < 1.29 is 4.79 Å². The lowest BCUT2D eigenvalue weighted by atomic mass is 9.95. The van der Waals surface area contributed by atoms with Crippen molar-refractivity contribution in [3.8, 4) is 11.1 Å². The summed E-state index contributed by atoms with van der Waals surface area (Å²) in [6, 6.07) is 15.6. The van der Waals surface area contributed by atoms with Crippen molar-refractivity contribution in [1.82, 2.24) is 9.88 Å². The van der Waals surface area contributed by atoms with Gasteiger partial charge < -0.3 is 10.6 Å². The summed E-state index contributed by atoms with van der Waals surface area (Å²) >= 11 is 8.24. The molecule has 168 valence electrons. The average Bonchev–Trinajstić information content (AvgIpc) is 3.23. The van der Waals surface area contributed by atoms with Crippen molar-refractivity contribution in [2.45, 2.75) is 25.3 Å². The molecule has 1 unspecified atom stereocenters. The molecule has 1 aliphatic heterocycles. The molecule has 7 heteroatoms. The van der Waals surface area contributed by atoms with Gasteiger partial charge >= 0.3 is 6.03 Å². The largest absolute Gasteiger partial charge is 0.323 e. The van der Waals surface area contributed by atoms with Crippen molar-refractivity contribution in [3.05, 3.63) is 76.9 Å². The lowest BCUT2D eigenvalue weighted by molar-refractivity contribution is 0.189. The fourth-order valence-corrected chi connectivity index (χ4v) is 5.78. The molecule has 3 heterocycles. The van der Waals surface area contributed by atoms with Gasteiger partial charge in [-0.15, -0.1) is 11.3 Å². The number of carbonyl (C=O) groups excluding carboxylic acids is 1. The van der Waals surface area contributed by atoms with E-state index in [0.29, 0.717) is 16.8 Å². The zero-order valence-electron chi connectivity index (χ0n) is 18.3. The maximum Gasteiger partial charge on any atom is 0.323 e. The smallest absolute Gasteiger partial charge is 0.308 e. The van der Waals surface area contributed by atoms with E-state index in [9.17, 15) is 4.79 Å². The molecule has 5 nitrogen and oxygen atoms in total. The number of amides is 2. The van der Waals surface area contributed by atoms with Gasteiger partial charge in [-0.05, 0) is 90.8 Å². The third-order valence-electron chi connectivity index (χ3n) is 6.21. The maximum absolute atomic E-state index is 12.7. The summed E-state index contributed by atoms with van der Waals surface area (Å²) in [7, 11) is 2.20. The van der Waals surface area contributed by atoms with Crippen LogP contribution < -0.4 is 10.6 Å². The zero-order valence-corrected chi connectivity index (χ0v) is 19.9. The van der Waals surface area contributed by atoms with Crippen molar-refractivity contribution in [1.29, 1.82) is 0 Å². The Morgan fingerprint density at radius 2 is 1.82 bits per heavy atom. The van der Waals surface area contributed by atoms with E-state index in [0.717, 1.165) is 23.4 Å². The van der Waals surface area contributed by atoms with Crippen LogP contribution in [0, 0.1) is 0 Å². The fourth-order valence-electron chi connectivity index (χ4n) is 4.50. The van der Waals surface area contributed by atoms with Gasteiger partial charge in [0.15, 0.2) is 0 Å². The van der Waals surface area contributed by atoms with Crippen molar-refractivity contribution in [2.24, 2.45) is 0 Å². The first-order valence-corrected chi connectivity index (χ1v) is 12.3. The quantitative estimate of drug-likeness (QED) is 0.322. The summed E-state index contributed by atoms with van der Waals surface area (Å²) in [5, 5.41) is 9.92. The van der Waals surface area contributed by atoms with E-state index in [4.69, 9.17) is 11.6 Å². The number of hydrogen-bond donors (Lipinski definition) is 2. The minimum atomic E-state index is -0.298. The first kappa shape index (κ1) is 21.9. The number of carbonyl (C=O) groups is 1. The van der Waals surface area contributed by atoms with Gasteiger partial charge in [0.25, 0.3) is 0 Å². The van der Waals surface area contributed by atoms with Gasteiger partial charge in [0.05, 0.1) is 5.02 Å². The number of thiophene rings is 1. The minimum absolute atomic E-state index is 0.298. The number of fused-ring (bicyclic) bond motifs is 1. The minimum Gasteiger partial charge on any atom is -0.308 e. The summed E-state index contributed by atoms with van der Waals surface area (Å²) in [5.41, 5.74) is 4.65. The molecule has 0 bridgehead atoms. The highest BCUT2D eigenvalue weighted by atomic mass is 35.5. The highest BCUT2D eigenvalue weighted by Crippen LogP contribution is 2.38. The van der Waals surface area contributed by atoms with Crippen molar-refractivity contribution >= 4 is 50.4 Å². The second-order valence-electron chi connectivity index (χ2n) is 8.40. The molecule has 1 fully saturated rings. The number of halogens is 1. The number of benzene rings is 2. The number of likely N-dealkylation sites (tertiary alicyclic amines) is 1. The Labute approximate surface area is 202 Å². The Morgan fingerprint density at radius 1 is 1.06 bits per heavy atom. The lowest BCUT2D eigenvalue weighted by Gasteiger charge is -2.32. The molecule has 4 aromatic rings. The summed E-state index contributed by atoms with van der Waals surface area (Å²) in [4.78, 5) is 19.2. The summed E-state index contributed by atoms with van der Waals surface area (Å²) in [6.45, 7) is 1.13. The first-order chi connectivity index (χ1) is 16.1. The monoisotopic (exact) mass is 476 g/mol. The number of anilines is 2. The Morgan fingerprint density at radius 3 is 2.58 bits per heavy atom. The van der Waals surface area contributed by atoms with Gasteiger partial charge in [-0.2, -0.15) is 0 Å².